The minimum atomic E-state index is -4.60. The van der Waals surface area contributed by atoms with Gasteiger partial charge in [-0.15, -0.1) is 0 Å². The molecule has 0 spiro atoms. The zero-order valence-corrected chi connectivity index (χ0v) is 11.5. The van der Waals surface area contributed by atoms with Crippen LogP contribution in [-0.2, 0) is 12.7 Å². The van der Waals surface area contributed by atoms with Gasteiger partial charge in [0.15, 0.2) is 0 Å². The molecule has 0 saturated carbocycles. The molecule has 0 amide bonds. The third kappa shape index (κ3) is 3.63. The number of pyridine rings is 1. The highest BCUT2D eigenvalue weighted by Gasteiger charge is 2.41. The van der Waals surface area contributed by atoms with Crippen LogP contribution in [0.15, 0.2) is 12.1 Å². The van der Waals surface area contributed by atoms with Gasteiger partial charge in [-0.05, 0) is 18.9 Å². The van der Waals surface area contributed by atoms with Crippen LogP contribution in [0, 0.1) is 5.92 Å². The molecule has 0 unspecified atom stereocenters. The Morgan fingerprint density at radius 2 is 1.68 bits per heavy atom. The van der Waals surface area contributed by atoms with Gasteiger partial charge in [-0.3, -0.25) is 0 Å². The van der Waals surface area contributed by atoms with E-state index in [0.29, 0.717) is 5.56 Å². The third-order valence-corrected chi connectivity index (χ3v) is 3.72. The molecule has 1 fully saturated rings. The molecule has 2 rings (SSSR count). The molecule has 2 N–H and O–H groups in total. The van der Waals surface area contributed by atoms with Gasteiger partial charge in [0, 0.05) is 25.2 Å². The third-order valence-electron chi connectivity index (χ3n) is 3.72. The molecule has 0 aromatic carbocycles. The predicted molar refractivity (Wildman–Crippen MR) is 68.1 cm³/mol. The molecule has 0 atom stereocenters. The smallest absolute Gasteiger partial charge is 0.356 e. The maximum Gasteiger partial charge on any atom is 0.433 e. The largest absolute Gasteiger partial charge is 0.433 e. The van der Waals surface area contributed by atoms with Crippen LogP contribution in [-0.4, -0.2) is 24.2 Å². The van der Waals surface area contributed by atoms with Crippen LogP contribution in [0.5, 0.6) is 0 Å². The monoisotopic (exact) mass is 327 g/mol. The number of hydrogen-bond acceptors (Lipinski definition) is 3. The van der Waals surface area contributed by atoms with Crippen molar-refractivity contribution in [3.63, 3.8) is 0 Å². The Bertz CT molecular complexity index is 517. The number of aromatic nitrogens is 1. The maximum absolute atomic E-state index is 12.7. The quantitative estimate of drug-likeness (QED) is 0.847. The number of nitrogens with zero attached hydrogens (tertiary/aromatic N) is 2. The number of alkyl halides is 6. The van der Waals surface area contributed by atoms with Crippen molar-refractivity contribution in [2.75, 3.05) is 18.0 Å². The van der Waals surface area contributed by atoms with Gasteiger partial charge in [0.2, 0.25) is 0 Å². The van der Waals surface area contributed by atoms with Gasteiger partial charge in [-0.25, -0.2) is 4.98 Å². The van der Waals surface area contributed by atoms with E-state index >= 15 is 0 Å². The highest BCUT2D eigenvalue weighted by Crippen LogP contribution is 2.36. The van der Waals surface area contributed by atoms with Crippen LogP contribution in [0.25, 0.3) is 0 Å². The molecule has 1 aromatic rings. The highest BCUT2D eigenvalue weighted by atomic mass is 19.4. The number of piperidine rings is 1. The molecule has 1 aromatic heterocycles. The Kier molecular flexibility index (Phi) is 4.55. The normalized spacial score (nSPS) is 17.9. The number of nitrogens with two attached hydrogens (primary N) is 1. The first-order chi connectivity index (χ1) is 10.1. The predicted octanol–water partition coefficient (Wildman–Crippen LogP) is 3.34. The van der Waals surface area contributed by atoms with E-state index in [2.05, 4.69) is 4.98 Å². The minimum Gasteiger partial charge on any atom is -0.356 e. The summed E-state index contributed by atoms with van der Waals surface area (Å²) in [5, 5.41) is 0. The van der Waals surface area contributed by atoms with Crippen molar-refractivity contribution in [3.8, 4) is 0 Å². The highest BCUT2D eigenvalue weighted by molar-refractivity contribution is 5.48. The number of anilines is 1. The molecule has 124 valence electrons. The molecule has 2 heterocycles. The summed E-state index contributed by atoms with van der Waals surface area (Å²) in [6.45, 7) is -0.0172. The van der Waals surface area contributed by atoms with Crippen molar-refractivity contribution in [3.05, 3.63) is 23.4 Å². The first kappa shape index (κ1) is 16.9. The van der Waals surface area contributed by atoms with Gasteiger partial charge in [-0.2, -0.15) is 26.3 Å². The zero-order chi connectivity index (χ0) is 16.5. The second-order valence-electron chi connectivity index (χ2n) is 5.18. The molecule has 1 aliphatic heterocycles. The van der Waals surface area contributed by atoms with Crippen LogP contribution in [0.4, 0.5) is 32.2 Å². The van der Waals surface area contributed by atoms with Gasteiger partial charge in [-0.1, -0.05) is 6.07 Å². The number of halogens is 6. The van der Waals surface area contributed by atoms with Gasteiger partial charge in [0.25, 0.3) is 0 Å². The zero-order valence-electron chi connectivity index (χ0n) is 11.5. The molecular formula is C13H15F6N3. The second kappa shape index (κ2) is 5.94. The van der Waals surface area contributed by atoms with Crippen LogP contribution in [0.2, 0.25) is 0 Å². The van der Waals surface area contributed by atoms with Crippen molar-refractivity contribution in [1.82, 2.24) is 4.98 Å². The summed E-state index contributed by atoms with van der Waals surface area (Å²) in [5.74, 6) is -1.39. The summed E-state index contributed by atoms with van der Waals surface area (Å²) in [7, 11) is 0. The van der Waals surface area contributed by atoms with Crippen molar-refractivity contribution in [1.29, 1.82) is 0 Å². The molecule has 0 aliphatic carbocycles. The Hall–Kier alpha value is -1.51. The summed E-state index contributed by atoms with van der Waals surface area (Å²) >= 11 is 0. The van der Waals surface area contributed by atoms with Crippen molar-refractivity contribution in [2.24, 2.45) is 11.7 Å². The average molecular weight is 327 g/mol. The van der Waals surface area contributed by atoms with Crippen molar-refractivity contribution >= 4 is 5.82 Å². The molecule has 3 nitrogen and oxygen atoms in total. The summed E-state index contributed by atoms with van der Waals surface area (Å²) in [6, 6.07) is 2.05. The van der Waals surface area contributed by atoms with Crippen LogP contribution in [0.3, 0.4) is 0 Å². The number of hydrogen-bond donors (Lipinski definition) is 1. The Labute approximate surface area is 123 Å². The topological polar surface area (TPSA) is 42.1 Å². The summed E-state index contributed by atoms with van der Waals surface area (Å²) in [6.07, 6.45) is -9.20. The van der Waals surface area contributed by atoms with Crippen LogP contribution < -0.4 is 10.6 Å². The van der Waals surface area contributed by atoms with Crippen LogP contribution >= 0.6 is 0 Å². The molecule has 22 heavy (non-hydrogen) atoms. The van der Waals surface area contributed by atoms with Gasteiger partial charge in [0.1, 0.15) is 11.5 Å². The van der Waals surface area contributed by atoms with E-state index in [4.69, 9.17) is 5.73 Å². The minimum absolute atomic E-state index is 0.00544. The van der Waals surface area contributed by atoms with E-state index in [1.165, 1.54) is 11.0 Å². The second-order valence-corrected chi connectivity index (χ2v) is 5.18. The maximum atomic E-state index is 12.7. The van der Waals surface area contributed by atoms with E-state index in [0.717, 1.165) is 6.07 Å². The molecular weight excluding hydrogens is 312 g/mol. The van der Waals surface area contributed by atoms with E-state index in [1.807, 2.05) is 0 Å². The number of rotatable bonds is 2. The molecule has 9 heteroatoms. The van der Waals surface area contributed by atoms with E-state index in [1.54, 1.807) is 0 Å². The van der Waals surface area contributed by atoms with Crippen LogP contribution in [0.1, 0.15) is 24.1 Å². The fourth-order valence-electron chi connectivity index (χ4n) is 2.49. The van der Waals surface area contributed by atoms with Crippen molar-refractivity contribution < 1.29 is 26.3 Å². The van der Waals surface area contributed by atoms with E-state index < -0.39 is 24.0 Å². The lowest BCUT2D eigenvalue weighted by atomic mass is 9.96. The Balaban J connectivity index is 2.22. The SMILES string of the molecule is NCc1ccc(C(F)(F)F)nc1N1CCC(C(F)(F)F)CC1. The molecule has 0 bridgehead atoms. The average Bonchev–Trinajstić information content (AvgIpc) is 2.45. The first-order valence-corrected chi connectivity index (χ1v) is 6.71. The summed E-state index contributed by atoms with van der Waals surface area (Å²) in [5.41, 5.74) is 4.80. The fraction of sp³-hybridized carbons (Fsp3) is 0.615. The lowest BCUT2D eigenvalue weighted by Gasteiger charge is -2.34. The van der Waals surface area contributed by atoms with Crippen molar-refractivity contribution in [2.45, 2.75) is 31.7 Å². The summed E-state index contributed by atoms with van der Waals surface area (Å²) < 4.78 is 76.1. The van der Waals surface area contributed by atoms with Gasteiger partial charge < -0.3 is 10.6 Å². The molecule has 1 saturated heterocycles. The first-order valence-electron chi connectivity index (χ1n) is 6.71. The van der Waals surface area contributed by atoms with E-state index in [9.17, 15) is 26.3 Å². The standard InChI is InChI=1S/C13H15F6N3/c14-12(15,16)9-3-5-22(6-4-9)11-8(7-20)1-2-10(21-11)13(17,18)19/h1-2,9H,3-7,20H2. The van der Waals surface area contributed by atoms with Gasteiger partial charge in [0.05, 0.1) is 5.92 Å². The fourth-order valence-corrected chi connectivity index (χ4v) is 2.49. The molecule has 0 radical (unpaired) electrons. The Morgan fingerprint density at radius 3 is 2.14 bits per heavy atom. The molecule has 1 aliphatic rings. The Morgan fingerprint density at radius 1 is 1.09 bits per heavy atom. The van der Waals surface area contributed by atoms with E-state index in [-0.39, 0.29) is 38.3 Å². The van der Waals surface area contributed by atoms with Gasteiger partial charge >= 0.3 is 12.4 Å². The lowest BCUT2D eigenvalue weighted by molar-refractivity contribution is -0.179. The lowest BCUT2D eigenvalue weighted by Crippen LogP contribution is -2.40. The summed E-state index contributed by atoms with van der Waals surface area (Å²) in [4.78, 5) is 5.01.